The van der Waals surface area contributed by atoms with Crippen molar-refractivity contribution < 1.29 is 23.9 Å². The van der Waals surface area contributed by atoms with Gasteiger partial charge in [-0.3, -0.25) is 14.4 Å². The van der Waals surface area contributed by atoms with E-state index < -0.39 is 11.8 Å². The van der Waals surface area contributed by atoms with Crippen LogP contribution in [0.25, 0.3) is 0 Å². The van der Waals surface area contributed by atoms with Gasteiger partial charge in [0.1, 0.15) is 0 Å². The first kappa shape index (κ1) is 22.1. The van der Waals surface area contributed by atoms with E-state index in [1.165, 1.54) is 0 Å². The third-order valence-corrected chi connectivity index (χ3v) is 4.58. The number of hydrogen-bond acceptors (Lipinski definition) is 6. The molecule has 0 aromatic heterocycles. The molecule has 1 heterocycles. The van der Waals surface area contributed by atoms with Gasteiger partial charge >= 0.3 is 11.8 Å². The number of hydrogen-bond donors (Lipinski definition) is 3. The summed E-state index contributed by atoms with van der Waals surface area (Å²) in [5.74, 6) is -0.630. The van der Waals surface area contributed by atoms with Gasteiger partial charge < -0.3 is 30.3 Å². The highest BCUT2D eigenvalue weighted by Crippen LogP contribution is 2.32. The van der Waals surface area contributed by atoms with E-state index in [2.05, 4.69) is 16.0 Å². The third kappa shape index (κ3) is 6.19. The summed E-state index contributed by atoms with van der Waals surface area (Å²) in [6.07, 6.45) is 0.727. The lowest BCUT2D eigenvalue weighted by Gasteiger charge is -2.12. The largest absolute Gasteiger partial charge is 0.454 e. The van der Waals surface area contributed by atoms with Crippen LogP contribution in [0.4, 0.5) is 5.69 Å². The summed E-state index contributed by atoms with van der Waals surface area (Å²) in [7, 11) is 3.87. The van der Waals surface area contributed by atoms with Gasteiger partial charge in [-0.05, 0) is 56.9 Å². The first-order valence-electron chi connectivity index (χ1n) is 9.93. The summed E-state index contributed by atoms with van der Waals surface area (Å²) in [5, 5.41) is 7.90. The Balaban J connectivity index is 1.55. The number of carbonyl (C=O) groups excluding carboxylic acids is 3. The van der Waals surface area contributed by atoms with Crippen LogP contribution in [-0.4, -0.2) is 56.6 Å². The Labute approximate surface area is 180 Å². The molecule has 3 N–H and O–H groups in total. The Bertz CT molecular complexity index is 961. The monoisotopic (exact) mass is 426 g/mol. The molecule has 0 saturated carbocycles. The second-order valence-corrected chi connectivity index (χ2v) is 7.28. The van der Waals surface area contributed by atoms with Crippen LogP contribution >= 0.6 is 0 Å². The van der Waals surface area contributed by atoms with Crippen LogP contribution < -0.4 is 25.4 Å². The highest BCUT2D eigenvalue weighted by atomic mass is 16.7. The number of carbonyl (C=O) groups is 3. The van der Waals surface area contributed by atoms with Crippen molar-refractivity contribution in [3.63, 3.8) is 0 Å². The van der Waals surface area contributed by atoms with Crippen LogP contribution in [0.15, 0.2) is 42.5 Å². The van der Waals surface area contributed by atoms with Crippen LogP contribution in [0, 0.1) is 0 Å². The zero-order chi connectivity index (χ0) is 22.2. The molecule has 0 unspecified atom stereocenters. The molecule has 0 spiro atoms. The van der Waals surface area contributed by atoms with Crippen molar-refractivity contribution in [2.24, 2.45) is 0 Å². The molecule has 0 atom stereocenters. The molecule has 1 aliphatic heterocycles. The van der Waals surface area contributed by atoms with Crippen molar-refractivity contribution in [3.05, 3.63) is 53.6 Å². The zero-order valence-corrected chi connectivity index (χ0v) is 17.6. The lowest BCUT2D eigenvalue weighted by atomic mass is 10.1. The van der Waals surface area contributed by atoms with E-state index in [0.29, 0.717) is 18.0 Å². The fraction of sp³-hybridized carbons (Fsp3) is 0.318. The summed E-state index contributed by atoms with van der Waals surface area (Å²) in [5.41, 5.74) is 1.37. The van der Waals surface area contributed by atoms with Gasteiger partial charge in [0.05, 0.1) is 11.3 Å². The Morgan fingerprint density at radius 1 is 0.968 bits per heavy atom. The number of para-hydroxylation sites is 1. The van der Waals surface area contributed by atoms with Crippen molar-refractivity contribution in [2.75, 3.05) is 39.3 Å². The van der Waals surface area contributed by atoms with E-state index in [0.717, 1.165) is 18.5 Å². The Kier molecular flexibility index (Phi) is 7.45. The van der Waals surface area contributed by atoms with Crippen LogP contribution in [0.1, 0.15) is 22.3 Å². The quantitative estimate of drug-likeness (QED) is 0.434. The predicted molar refractivity (Wildman–Crippen MR) is 115 cm³/mol. The molecule has 0 radical (unpaired) electrons. The molecule has 0 aliphatic carbocycles. The zero-order valence-electron chi connectivity index (χ0n) is 17.6. The summed E-state index contributed by atoms with van der Waals surface area (Å²) >= 11 is 0. The molecule has 164 valence electrons. The fourth-order valence-electron chi connectivity index (χ4n) is 2.98. The molecule has 0 fully saturated rings. The maximum Gasteiger partial charge on any atom is 0.313 e. The molecule has 9 nitrogen and oxygen atoms in total. The molecule has 1 aliphatic rings. The molecule has 0 bridgehead atoms. The van der Waals surface area contributed by atoms with E-state index in [4.69, 9.17) is 9.47 Å². The average molecular weight is 426 g/mol. The topological polar surface area (TPSA) is 109 Å². The average Bonchev–Trinajstić information content (AvgIpc) is 3.23. The molecular formula is C22H26N4O5. The Hall–Kier alpha value is -3.59. The highest BCUT2D eigenvalue weighted by Gasteiger charge is 2.18. The fourth-order valence-corrected chi connectivity index (χ4v) is 2.98. The number of anilines is 1. The van der Waals surface area contributed by atoms with Crippen LogP contribution in [0.3, 0.4) is 0 Å². The molecule has 3 rings (SSSR count). The van der Waals surface area contributed by atoms with Gasteiger partial charge in [0.25, 0.3) is 5.91 Å². The molecule has 3 amide bonds. The summed E-state index contributed by atoms with van der Waals surface area (Å²) in [6, 6.07) is 12.0. The first-order valence-corrected chi connectivity index (χ1v) is 9.93. The smallest absolute Gasteiger partial charge is 0.313 e. The standard InChI is InChI=1S/C22H26N4O5/c1-26(2)11-5-10-23-21(28)22(29)25-17-7-4-3-6-16(17)20(27)24-13-15-8-9-18-19(12-15)31-14-30-18/h3-4,6-9,12H,5,10-11,13-14H2,1-2H3,(H,23,28)(H,24,27)(H,25,29). The van der Waals surface area contributed by atoms with E-state index in [9.17, 15) is 14.4 Å². The van der Waals surface area contributed by atoms with Crippen LogP contribution in [-0.2, 0) is 16.1 Å². The van der Waals surface area contributed by atoms with Crippen molar-refractivity contribution in [1.29, 1.82) is 0 Å². The summed E-state index contributed by atoms with van der Waals surface area (Å²) < 4.78 is 10.6. The second-order valence-electron chi connectivity index (χ2n) is 7.28. The van der Waals surface area contributed by atoms with Gasteiger partial charge in [-0.15, -0.1) is 0 Å². The molecule has 2 aromatic rings. The van der Waals surface area contributed by atoms with Gasteiger partial charge in [0, 0.05) is 13.1 Å². The van der Waals surface area contributed by atoms with Gasteiger partial charge in [-0.2, -0.15) is 0 Å². The molecule has 9 heteroatoms. The van der Waals surface area contributed by atoms with Crippen LogP contribution in [0.5, 0.6) is 11.5 Å². The third-order valence-electron chi connectivity index (χ3n) is 4.58. The van der Waals surface area contributed by atoms with E-state index >= 15 is 0 Å². The number of nitrogens with zero attached hydrogens (tertiary/aromatic N) is 1. The maximum atomic E-state index is 12.7. The van der Waals surface area contributed by atoms with E-state index in [1.54, 1.807) is 36.4 Å². The van der Waals surface area contributed by atoms with E-state index in [1.807, 2.05) is 25.1 Å². The summed E-state index contributed by atoms with van der Waals surface area (Å²) in [4.78, 5) is 38.9. The molecule has 31 heavy (non-hydrogen) atoms. The number of rotatable bonds is 8. The number of benzene rings is 2. The van der Waals surface area contributed by atoms with Crippen LogP contribution in [0.2, 0.25) is 0 Å². The van der Waals surface area contributed by atoms with E-state index in [-0.39, 0.29) is 30.5 Å². The van der Waals surface area contributed by atoms with Crippen molar-refractivity contribution in [3.8, 4) is 11.5 Å². The Morgan fingerprint density at radius 2 is 1.74 bits per heavy atom. The van der Waals surface area contributed by atoms with Gasteiger partial charge in [-0.1, -0.05) is 18.2 Å². The number of amides is 3. The van der Waals surface area contributed by atoms with Gasteiger partial charge in [0.2, 0.25) is 6.79 Å². The van der Waals surface area contributed by atoms with Gasteiger partial charge in [0.15, 0.2) is 11.5 Å². The molecule has 2 aromatic carbocycles. The summed E-state index contributed by atoms with van der Waals surface area (Å²) in [6.45, 7) is 1.64. The lowest BCUT2D eigenvalue weighted by molar-refractivity contribution is -0.136. The number of ether oxygens (including phenoxy) is 2. The lowest BCUT2D eigenvalue weighted by Crippen LogP contribution is -2.37. The molecular weight excluding hydrogens is 400 g/mol. The molecule has 0 saturated heterocycles. The number of fused-ring (bicyclic) bond motifs is 1. The number of nitrogens with one attached hydrogen (secondary N) is 3. The normalized spacial score (nSPS) is 11.8. The minimum absolute atomic E-state index is 0.182. The van der Waals surface area contributed by atoms with Crippen molar-refractivity contribution in [1.82, 2.24) is 15.5 Å². The minimum Gasteiger partial charge on any atom is -0.454 e. The highest BCUT2D eigenvalue weighted by molar-refractivity contribution is 6.40. The minimum atomic E-state index is -0.819. The SMILES string of the molecule is CN(C)CCCNC(=O)C(=O)Nc1ccccc1C(=O)NCc1ccc2c(c1)OCO2. The predicted octanol–water partition coefficient (Wildman–Crippen LogP) is 1.35. The van der Waals surface area contributed by atoms with Gasteiger partial charge in [-0.25, -0.2) is 0 Å². The Morgan fingerprint density at radius 3 is 2.55 bits per heavy atom. The second kappa shape index (κ2) is 10.4. The maximum absolute atomic E-state index is 12.7. The van der Waals surface area contributed by atoms with Crippen molar-refractivity contribution in [2.45, 2.75) is 13.0 Å². The van der Waals surface area contributed by atoms with Crippen molar-refractivity contribution >= 4 is 23.4 Å². The first-order chi connectivity index (χ1) is 14.9.